The highest BCUT2D eigenvalue weighted by Gasteiger charge is 2.28. The fourth-order valence-electron chi connectivity index (χ4n) is 1.51. The van der Waals surface area contributed by atoms with Crippen molar-refractivity contribution in [3.05, 3.63) is 0 Å². The van der Waals surface area contributed by atoms with Crippen molar-refractivity contribution in [2.75, 3.05) is 19.0 Å². The van der Waals surface area contributed by atoms with Crippen LogP contribution in [-0.4, -0.2) is 30.2 Å². The minimum atomic E-state index is 0.449. The van der Waals surface area contributed by atoms with Crippen molar-refractivity contribution in [2.45, 2.75) is 26.3 Å². The summed E-state index contributed by atoms with van der Waals surface area (Å²) in [6.45, 7) is 5.72. The van der Waals surface area contributed by atoms with Crippen LogP contribution in [-0.2, 0) is 4.74 Å². The first-order valence-corrected chi connectivity index (χ1v) is 5.88. The Morgan fingerprint density at radius 1 is 1.54 bits per heavy atom. The van der Waals surface area contributed by atoms with Crippen molar-refractivity contribution in [2.24, 2.45) is 16.6 Å². The molecular formula is C9H18N2OS. The van der Waals surface area contributed by atoms with Crippen molar-refractivity contribution >= 4 is 16.9 Å². The van der Waals surface area contributed by atoms with E-state index in [1.807, 2.05) is 13.8 Å². The van der Waals surface area contributed by atoms with Crippen LogP contribution in [0.25, 0.3) is 0 Å². The van der Waals surface area contributed by atoms with Gasteiger partial charge in [0.1, 0.15) is 0 Å². The summed E-state index contributed by atoms with van der Waals surface area (Å²) in [5.74, 6) is 1.70. The van der Waals surface area contributed by atoms with Crippen molar-refractivity contribution in [3.8, 4) is 0 Å². The van der Waals surface area contributed by atoms with Crippen LogP contribution in [0.15, 0.2) is 4.99 Å². The first kappa shape index (κ1) is 10.9. The molecule has 4 heteroatoms. The van der Waals surface area contributed by atoms with Crippen LogP contribution in [0.2, 0.25) is 0 Å². The van der Waals surface area contributed by atoms with Gasteiger partial charge in [0, 0.05) is 18.3 Å². The summed E-state index contributed by atoms with van der Waals surface area (Å²) in [6.07, 6.45) is 1.05. The molecule has 2 aliphatic heterocycles. The highest BCUT2D eigenvalue weighted by Crippen LogP contribution is 2.26. The largest absolute Gasteiger partial charge is 0.381 e. The fraction of sp³-hybridized carbons (Fsp3) is 0.889. The second-order valence-corrected chi connectivity index (χ2v) is 4.01. The number of hydrogen-bond acceptors (Lipinski definition) is 4. The van der Waals surface area contributed by atoms with E-state index in [0.29, 0.717) is 12.0 Å². The number of fused-ring (bicyclic) bond motifs is 1. The maximum absolute atomic E-state index is 5.61. The summed E-state index contributed by atoms with van der Waals surface area (Å²) in [5, 5.41) is 0.758. The number of amidine groups is 1. The Morgan fingerprint density at radius 3 is 3.08 bits per heavy atom. The Kier molecular flexibility index (Phi) is 4.59. The van der Waals surface area contributed by atoms with E-state index in [1.165, 1.54) is 0 Å². The lowest BCUT2D eigenvalue weighted by Gasteiger charge is -2.31. The molecule has 0 aromatic carbocycles. The molecule has 13 heavy (non-hydrogen) atoms. The van der Waals surface area contributed by atoms with E-state index in [4.69, 9.17) is 10.5 Å². The predicted octanol–water partition coefficient (Wildman–Crippen LogP) is 1.48. The standard InChI is InChI=1S/C7H12N2OS.C2H6/c8-7-9-6-1-2-10-3-5(6)4-11-7;1-2/h5-6H,1-4H2,(H2,8,9);1-2H3/t5-,6?;/m1./s1. The van der Waals surface area contributed by atoms with Crippen LogP contribution in [0.5, 0.6) is 0 Å². The Bertz CT molecular complexity index is 184. The minimum absolute atomic E-state index is 0.449. The van der Waals surface area contributed by atoms with Crippen LogP contribution >= 0.6 is 11.8 Å². The van der Waals surface area contributed by atoms with Crippen molar-refractivity contribution in [1.82, 2.24) is 0 Å². The molecule has 2 heterocycles. The number of thioether (sulfide) groups is 1. The molecule has 1 unspecified atom stereocenters. The molecule has 0 aromatic rings. The fourth-order valence-corrected chi connectivity index (χ4v) is 2.42. The normalized spacial score (nSPS) is 32.3. The minimum Gasteiger partial charge on any atom is -0.381 e. The number of nitrogens with zero attached hydrogens (tertiary/aromatic N) is 1. The van der Waals surface area contributed by atoms with E-state index in [2.05, 4.69) is 4.99 Å². The molecule has 3 nitrogen and oxygen atoms in total. The van der Waals surface area contributed by atoms with Gasteiger partial charge in [-0.2, -0.15) is 0 Å². The summed E-state index contributed by atoms with van der Waals surface area (Å²) in [6, 6.07) is 0.449. The van der Waals surface area contributed by atoms with E-state index >= 15 is 0 Å². The summed E-state index contributed by atoms with van der Waals surface area (Å²) >= 11 is 1.65. The Hall–Kier alpha value is -0.220. The van der Waals surface area contributed by atoms with Crippen LogP contribution in [0.4, 0.5) is 0 Å². The number of hydrogen-bond donors (Lipinski definition) is 1. The number of rotatable bonds is 0. The zero-order valence-corrected chi connectivity index (χ0v) is 9.14. The molecule has 0 spiro atoms. The predicted molar refractivity (Wildman–Crippen MR) is 58.1 cm³/mol. The van der Waals surface area contributed by atoms with Gasteiger partial charge in [0.2, 0.25) is 0 Å². The summed E-state index contributed by atoms with van der Waals surface area (Å²) in [5.41, 5.74) is 5.61. The van der Waals surface area contributed by atoms with Gasteiger partial charge in [0.25, 0.3) is 0 Å². The average Bonchev–Trinajstić information content (AvgIpc) is 2.21. The molecule has 2 aliphatic rings. The lowest BCUT2D eigenvalue weighted by atomic mass is 9.98. The van der Waals surface area contributed by atoms with Crippen LogP contribution in [0, 0.1) is 5.92 Å². The molecule has 0 saturated carbocycles. The molecule has 1 saturated heterocycles. The third-order valence-corrected chi connectivity index (χ3v) is 3.17. The van der Waals surface area contributed by atoms with E-state index in [-0.39, 0.29) is 0 Å². The van der Waals surface area contributed by atoms with Gasteiger partial charge in [-0.05, 0) is 6.42 Å². The molecule has 0 aliphatic carbocycles. The lowest BCUT2D eigenvalue weighted by molar-refractivity contribution is 0.0509. The molecule has 2 N–H and O–H groups in total. The average molecular weight is 202 g/mol. The van der Waals surface area contributed by atoms with Gasteiger partial charge in [-0.15, -0.1) is 0 Å². The van der Waals surface area contributed by atoms with Gasteiger partial charge < -0.3 is 10.5 Å². The van der Waals surface area contributed by atoms with Crippen LogP contribution in [0.3, 0.4) is 0 Å². The topological polar surface area (TPSA) is 47.6 Å². The first-order chi connectivity index (χ1) is 6.36. The van der Waals surface area contributed by atoms with Gasteiger partial charge in [-0.1, -0.05) is 25.6 Å². The zero-order chi connectivity index (χ0) is 9.68. The van der Waals surface area contributed by atoms with E-state index in [0.717, 1.165) is 30.6 Å². The second kappa shape index (κ2) is 5.50. The van der Waals surface area contributed by atoms with Gasteiger partial charge in [-0.3, -0.25) is 4.99 Å². The molecule has 0 radical (unpaired) electrons. The molecule has 0 amide bonds. The SMILES string of the molecule is CC.NC1=NC2CCOC[C@@H]2CS1. The van der Waals surface area contributed by atoms with Crippen molar-refractivity contribution < 1.29 is 4.74 Å². The maximum atomic E-state index is 5.61. The van der Waals surface area contributed by atoms with E-state index in [9.17, 15) is 0 Å². The number of nitrogens with two attached hydrogens (primary N) is 1. The third-order valence-electron chi connectivity index (χ3n) is 2.17. The zero-order valence-electron chi connectivity index (χ0n) is 8.32. The summed E-state index contributed by atoms with van der Waals surface area (Å²) in [4.78, 5) is 4.38. The van der Waals surface area contributed by atoms with Gasteiger partial charge >= 0.3 is 0 Å². The molecule has 76 valence electrons. The quantitative estimate of drug-likeness (QED) is 0.647. The van der Waals surface area contributed by atoms with Gasteiger partial charge in [0.05, 0.1) is 12.6 Å². The highest BCUT2D eigenvalue weighted by atomic mass is 32.2. The Balaban J connectivity index is 0.000000396. The molecule has 0 aromatic heterocycles. The monoisotopic (exact) mass is 202 g/mol. The first-order valence-electron chi connectivity index (χ1n) is 4.90. The third kappa shape index (κ3) is 2.88. The van der Waals surface area contributed by atoms with E-state index < -0.39 is 0 Å². The smallest absolute Gasteiger partial charge is 0.154 e. The highest BCUT2D eigenvalue weighted by molar-refractivity contribution is 8.13. The number of aliphatic imine (C=N–C) groups is 1. The second-order valence-electron chi connectivity index (χ2n) is 2.97. The van der Waals surface area contributed by atoms with Crippen LogP contribution < -0.4 is 5.73 Å². The maximum Gasteiger partial charge on any atom is 0.154 e. The summed E-state index contributed by atoms with van der Waals surface area (Å²) < 4.78 is 5.35. The Labute approximate surface area is 84.1 Å². The van der Waals surface area contributed by atoms with Crippen molar-refractivity contribution in [1.29, 1.82) is 0 Å². The lowest BCUT2D eigenvalue weighted by Crippen LogP contribution is -2.37. The molecule has 1 fully saturated rings. The van der Waals surface area contributed by atoms with Crippen LogP contribution in [0.1, 0.15) is 20.3 Å². The van der Waals surface area contributed by atoms with Gasteiger partial charge in [-0.25, -0.2) is 0 Å². The molecule has 2 rings (SSSR count). The number of ether oxygens (including phenoxy) is 1. The molecule has 2 atom stereocenters. The van der Waals surface area contributed by atoms with Gasteiger partial charge in [0.15, 0.2) is 5.17 Å². The van der Waals surface area contributed by atoms with E-state index in [1.54, 1.807) is 11.8 Å². The van der Waals surface area contributed by atoms with Crippen molar-refractivity contribution in [3.63, 3.8) is 0 Å². The molecular weight excluding hydrogens is 184 g/mol. The summed E-state index contributed by atoms with van der Waals surface area (Å²) in [7, 11) is 0. The Morgan fingerprint density at radius 2 is 2.31 bits per heavy atom. The molecule has 0 bridgehead atoms.